The van der Waals surface area contributed by atoms with Crippen LogP contribution >= 0.6 is 0 Å². The van der Waals surface area contributed by atoms with E-state index >= 15 is 0 Å². The lowest BCUT2D eigenvalue weighted by Gasteiger charge is -2.03. The van der Waals surface area contributed by atoms with Crippen LogP contribution in [0.3, 0.4) is 0 Å². The first-order valence-corrected chi connectivity index (χ1v) is 6.34. The lowest BCUT2D eigenvalue weighted by atomic mass is 10.1. The maximum atomic E-state index is 12.3. The number of pyridine rings is 1. The Morgan fingerprint density at radius 1 is 1.35 bits per heavy atom. The quantitative estimate of drug-likeness (QED) is 0.779. The highest BCUT2D eigenvalue weighted by Gasteiger charge is 2.14. The van der Waals surface area contributed by atoms with E-state index in [0.717, 1.165) is 16.6 Å². The zero-order chi connectivity index (χ0) is 14.1. The monoisotopic (exact) mass is 269 g/mol. The first-order chi connectivity index (χ1) is 9.65. The van der Waals surface area contributed by atoms with Crippen molar-refractivity contribution in [1.29, 1.82) is 0 Å². The molecule has 6 nitrogen and oxygen atoms in total. The summed E-state index contributed by atoms with van der Waals surface area (Å²) in [5.74, 6) is -0.127. The largest absolute Gasteiger partial charge is 0.348 e. The summed E-state index contributed by atoms with van der Waals surface area (Å²) < 4.78 is 3.43. The molecule has 0 fully saturated rings. The second kappa shape index (κ2) is 4.80. The van der Waals surface area contributed by atoms with Crippen molar-refractivity contribution in [2.45, 2.75) is 13.5 Å². The fraction of sp³-hybridized carbons (Fsp3) is 0.214. The predicted molar refractivity (Wildman–Crippen MR) is 74.3 cm³/mol. The molecule has 0 aliphatic rings. The molecule has 1 N–H and O–H groups in total. The molecule has 3 aromatic heterocycles. The van der Waals surface area contributed by atoms with E-state index in [-0.39, 0.29) is 5.91 Å². The molecule has 1 amide bonds. The Hall–Kier alpha value is -2.63. The number of carbonyl (C=O) groups is 1. The number of aromatic nitrogens is 4. The van der Waals surface area contributed by atoms with Crippen molar-refractivity contribution < 1.29 is 4.79 Å². The molecule has 20 heavy (non-hydrogen) atoms. The molecule has 0 saturated heterocycles. The Bertz CT molecular complexity index is 771. The Kier molecular flexibility index (Phi) is 2.98. The summed E-state index contributed by atoms with van der Waals surface area (Å²) in [6, 6.07) is 3.88. The summed E-state index contributed by atoms with van der Waals surface area (Å²) in [5, 5.41) is 11.2. The smallest absolute Gasteiger partial charge is 0.255 e. The number of amides is 1. The van der Waals surface area contributed by atoms with Crippen LogP contribution in [0.4, 0.5) is 0 Å². The van der Waals surface area contributed by atoms with Gasteiger partial charge in [0.2, 0.25) is 0 Å². The van der Waals surface area contributed by atoms with Crippen LogP contribution in [0.1, 0.15) is 21.5 Å². The van der Waals surface area contributed by atoms with E-state index in [1.54, 1.807) is 21.6 Å². The van der Waals surface area contributed by atoms with Gasteiger partial charge in [0.05, 0.1) is 23.5 Å². The van der Waals surface area contributed by atoms with Crippen LogP contribution in [0.25, 0.3) is 5.52 Å². The number of hydrogen-bond acceptors (Lipinski definition) is 3. The van der Waals surface area contributed by atoms with Gasteiger partial charge >= 0.3 is 0 Å². The third-order valence-electron chi connectivity index (χ3n) is 3.20. The van der Waals surface area contributed by atoms with E-state index in [2.05, 4.69) is 15.5 Å². The van der Waals surface area contributed by atoms with Gasteiger partial charge in [-0.3, -0.25) is 9.48 Å². The number of fused-ring (bicyclic) bond motifs is 1. The van der Waals surface area contributed by atoms with Crippen molar-refractivity contribution in [2.24, 2.45) is 7.05 Å². The lowest BCUT2D eigenvalue weighted by Crippen LogP contribution is -2.22. The Balaban J connectivity index is 1.82. The Labute approximate surface area is 116 Å². The van der Waals surface area contributed by atoms with Crippen molar-refractivity contribution in [3.63, 3.8) is 0 Å². The molecule has 0 spiro atoms. The fourth-order valence-corrected chi connectivity index (χ4v) is 2.22. The SMILES string of the molecule is Cc1cccn2ncc(C(=O)NCc3cnn(C)c3)c12. The van der Waals surface area contributed by atoms with Gasteiger partial charge < -0.3 is 5.32 Å². The number of aryl methyl sites for hydroxylation is 2. The Morgan fingerprint density at radius 3 is 2.95 bits per heavy atom. The molecule has 0 bridgehead atoms. The van der Waals surface area contributed by atoms with Crippen LogP contribution in [0.15, 0.2) is 36.9 Å². The first kappa shape index (κ1) is 12.4. The van der Waals surface area contributed by atoms with Gasteiger partial charge in [-0.2, -0.15) is 10.2 Å². The minimum absolute atomic E-state index is 0.127. The molecule has 102 valence electrons. The van der Waals surface area contributed by atoms with Gasteiger partial charge in [0, 0.05) is 31.5 Å². The molecule has 0 unspecified atom stereocenters. The summed E-state index contributed by atoms with van der Waals surface area (Å²) >= 11 is 0. The molecule has 0 radical (unpaired) electrons. The zero-order valence-corrected chi connectivity index (χ0v) is 11.4. The van der Waals surface area contributed by atoms with Crippen LogP contribution in [-0.4, -0.2) is 25.3 Å². The van der Waals surface area contributed by atoms with E-state index < -0.39 is 0 Å². The molecule has 3 rings (SSSR count). The van der Waals surface area contributed by atoms with Crippen LogP contribution in [0, 0.1) is 6.92 Å². The van der Waals surface area contributed by atoms with Gasteiger partial charge in [0.1, 0.15) is 0 Å². The van der Waals surface area contributed by atoms with Crippen molar-refractivity contribution in [3.05, 3.63) is 53.6 Å². The van der Waals surface area contributed by atoms with Crippen molar-refractivity contribution >= 4 is 11.4 Å². The van der Waals surface area contributed by atoms with Gasteiger partial charge in [0.15, 0.2) is 0 Å². The molecule has 0 aliphatic heterocycles. The summed E-state index contributed by atoms with van der Waals surface area (Å²) in [6.07, 6.45) is 7.05. The lowest BCUT2D eigenvalue weighted by molar-refractivity contribution is 0.0952. The summed E-state index contributed by atoms with van der Waals surface area (Å²) in [7, 11) is 1.85. The third-order valence-corrected chi connectivity index (χ3v) is 3.20. The second-order valence-electron chi connectivity index (χ2n) is 4.75. The minimum atomic E-state index is -0.127. The van der Waals surface area contributed by atoms with E-state index in [0.29, 0.717) is 12.1 Å². The van der Waals surface area contributed by atoms with Gasteiger partial charge in [-0.05, 0) is 18.6 Å². The maximum absolute atomic E-state index is 12.3. The normalized spacial score (nSPS) is 10.9. The number of hydrogen-bond donors (Lipinski definition) is 1. The average molecular weight is 269 g/mol. The number of nitrogens with zero attached hydrogens (tertiary/aromatic N) is 4. The Morgan fingerprint density at radius 2 is 2.20 bits per heavy atom. The van der Waals surface area contributed by atoms with Crippen LogP contribution in [0.5, 0.6) is 0 Å². The minimum Gasteiger partial charge on any atom is -0.348 e. The molecule has 3 heterocycles. The highest BCUT2D eigenvalue weighted by Crippen LogP contribution is 2.15. The van der Waals surface area contributed by atoms with Crippen molar-refractivity contribution in [2.75, 3.05) is 0 Å². The first-order valence-electron chi connectivity index (χ1n) is 6.34. The van der Waals surface area contributed by atoms with Crippen molar-refractivity contribution in [1.82, 2.24) is 24.7 Å². The summed E-state index contributed by atoms with van der Waals surface area (Å²) in [5.41, 5.74) is 3.42. The third kappa shape index (κ3) is 2.16. The van der Waals surface area contributed by atoms with E-state index in [9.17, 15) is 4.79 Å². The summed E-state index contributed by atoms with van der Waals surface area (Å²) in [4.78, 5) is 12.3. The zero-order valence-electron chi connectivity index (χ0n) is 11.4. The highest BCUT2D eigenvalue weighted by molar-refractivity contribution is 6.01. The van der Waals surface area contributed by atoms with E-state index in [1.807, 2.05) is 38.5 Å². The summed E-state index contributed by atoms with van der Waals surface area (Å²) in [6.45, 7) is 2.42. The topological polar surface area (TPSA) is 64.2 Å². The van der Waals surface area contributed by atoms with Crippen LogP contribution < -0.4 is 5.32 Å². The van der Waals surface area contributed by atoms with Gasteiger partial charge in [-0.25, -0.2) is 4.52 Å². The highest BCUT2D eigenvalue weighted by atomic mass is 16.1. The maximum Gasteiger partial charge on any atom is 0.255 e. The molecule has 0 aliphatic carbocycles. The second-order valence-corrected chi connectivity index (χ2v) is 4.75. The van der Waals surface area contributed by atoms with Crippen LogP contribution in [0.2, 0.25) is 0 Å². The molecular weight excluding hydrogens is 254 g/mol. The predicted octanol–water partition coefficient (Wildman–Crippen LogP) is 1.31. The van der Waals surface area contributed by atoms with E-state index in [4.69, 9.17) is 0 Å². The van der Waals surface area contributed by atoms with Gasteiger partial charge in [-0.1, -0.05) is 6.07 Å². The van der Waals surface area contributed by atoms with Crippen molar-refractivity contribution in [3.8, 4) is 0 Å². The molecule has 0 atom stereocenters. The molecule has 0 aromatic carbocycles. The van der Waals surface area contributed by atoms with E-state index in [1.165, 1.54) is 0 Å². The molecule has 6 heteroatoms. The van der Waals surface area contributed by atoms with Crippen LogP contribution in [-0.2, 0) is 13.6 Å². The molecular formula is C14H15N5O. The molecule has 0 saturated carbocycles. The molecule has 3 aromatic rings. The van der Waals surface area contributed by atoms with Gasteiger partial charge in [0.25, 0.3) is 5.91 Å². The number of rotatable bonds is 3. The van der Waals surface area contributed by atoms with Gasteiger partial charge in [-0.15, -0.1) is 0 Å². The number of carbonyl (C=O) groups excluding carboxylic acids is 1. The number of nitrogens with one attached hydrogen (secondary N) is 1. The standard InChI is InChI=1S/C14H15N5O/c1-10-4-3-5-19-13(10)12(8-17-19)14(20)15-6-11-7-16-18(2)9-11/h3-5,7-9H,6H2,1-2H3,(H,15,20). The average Bonchev–Trinajstić information content (AvgIpc) is 3.03. The fourth-order valence-electron chi connectivity index (χ4n) is 2.22.